The van der Waals surface area contributed by atoms with Crippen LogP contribution in [0.4, 0.5) is 4.39 Å². The van der Waals surface area contributed by atoms with Crippen LogP contribution in [0.15, 0.2) is 12.1 Å². The van der Waals surface area contributed by atoms with Gasteiger partial charge < -0.3 is 10.8 Å². The van der Waals surface area contributed by atoms with Gasteiger partial charge in [-0.25, -0.2) is 4.39 Å². The van der Waals surface area contributed by atoms with Gasteiger partial charge in [0.1, 0.15) is 5.82 Å². The molecule has 5 heteroatoms. The smallest absolute Gasteiger partial charge is 0.142 e. The Morgan fingerprint density at radius 2 is 2.00 bits per heavy atom. The maximum atomic E-state index is 12.9. The van der Waals surface area contributed by atoms with Gasteiger partial charge in [0.15, 0.2) is 0 Å². The van der Waals surface area contributed by atoms with Crippen molar-refractivity contribution < 1.29 is 9.50 Å². The molecule has 0 aromatic heterocycles. The molecule has 0 bridgehead atoms. The van der Waals surface area contributed by atoms with Crippen molar-refractivity contribution in [2.24, 2.45) is 5.73 Å². The van der Waals surface area contributed by atoms with Crippen LogP contribution in [0.25, 0.3) is 0 Å². The summed E-state index contributed by atoms with van der Waals surface area (Å²) in [6.07, 6.45) is -0.959. The molecular formula is C8H8Cl2FNO. The molecule has 2 nitrogen and oxygen atoms in total. The van der Waals surface area contributed by atoms with Gasteiger partial charge in [-0.05, 0) is 12.1 Å². The first kappa shape index (κ1) is 10.7. The molecule has 1 aromatic rings. The summed E-state index contributed by atoms with van der Waals surface area (Å²) in [6, 6.07) is 2.33. The molecule has 0 saturated carbocycles. The van der Waals surface area contributed by atoms with E-state index in [1.165, 1.54) is 6.07 Å². The lowest BCUT2D eigenvalue weighted by Gasteiger charge is -2.10. The quantitative estimate of drug-likeness (QED) is 0.755. The summed E-state index contributed by atoms with van der Waals surface area (Å²) in [4.78, 5) is 0. The molecule has 0 spiro atoms. The summed E-state index contributed by atoms with van der Waals surface area (Å²) in [6.45, 7) is -0.0131. The molecule has 0 amide bonds. The minimum atomic E-state index is -0.959. The van der Waals surface area contributed by atoms with E-state index in [0.29, 0.717) is 0 Å². The van der Waals surface area contributed by atoms with Crippen LogP contribution in [0.3, 0.4) is 0 Å². The van der Waals surface area contributed by atoms with Crippen molar-refractivity contribution in [3.8, 4) is 0 Å². The van der Waals surface area contributed by atoms with Crippen LogP contribution in [-0.4, -0.2) is 11.7 Å². The topological polar surface area (TPSA) is 46.2 Å². The number of rotatable bonds is 2. The summed E-state index contributed by atoms with van der Waals surface area (Å²) in [7, 11) is 0. The highest BCUT2D eigenvalue weighted by atomic mass is 35.5. The van der Waals surface area contributed by atoms with Gasteiger partial charge >= 0.3 is 0 Å². The van der Waals surface area contributed by atoms with Crippen LogP contribution in [-0.2, 0) is 0 Å². The standard InChI is InChI=1S/C8H8Cl2FNO/c9-5-2-6(10)7(11)1-4(5)8(13)3-12/h1-2,8,13H,3,12H2. The van der Waals surface area contributed by atoms with Crippen molar-refractivity contribution in [1.29, 1.82) is 0 Å². The lowest BCUT2D eigenvalue weighted by atomic mass is 10.1. The third-order valence-electron chi connectivity index (χ3n) is 1.62. The van der Waals surface area contributed by atoms with Crippen molar-refractivity contribution in [1.82, 2.24) is 0 Å². The number of hydrogen-bond donors (Lipinski definition) is 2. The van der Waals surface area contributed by atoms with E-state index < -0.39 is 11.9 Å². The molecule has 1 atom stereocenters. The largest absolute Gasteiger partial charge is 0.387 e. The fourth-order valence-corrected chi connectivity index (χ4v) is 1.43. The van der Waals surface area contributed by atoms with Crippen LogP contribution in [0.1, 0.15) is 11.7 Å². The third-order valence-corrected chi connectivity index (χ3v) is 2.24. The maximum absolute atomic E-state index is 12.9. The highest BCUT2D eigenvalue weighted by Crippen LogP contribution is 2.28. The van der Waals surface area contributed by atoms with Gasteiger partial charge in [0.25, 0.3) is 0 Å². The molecule has 1 unspecified atom stereocenters. The van der Waals surface area contributed by atoms with Crippen molar-refractivity contribution in [2.75, 3.05) is 6.54 Å². The van der Waals surface area contributed by atoms with Crippen LogP contribution >= 0.6 is 23.2 Å². The molecule has 0 saturated heterocycles. The second-order valence-electron chi connectivity index (χ2n) is 2.54. The maximum Gasteiger partial charge on any atom is 0.142 e. The summed E-state index contributed by atoms with van der Waals surface area (Å²) in [5.41, 5.74) is 5.45. The Morgan fingerprint density at radius 3 is 2.54 bits per heavy atom. The molecule has 13 heavy (non-hydrogen) atoms. The van der Waals surface area contributed by atoms with E-state index in [9.17, 15) is 9.50 Å². The molecular weight excluding hydrogens is 216 g/mol. The van der Waals surface area contributed by atoms with E-state index in [-0.39, 0.29) is 22.2 Å². The van der Waals surface area contributed by atoms with Crippen LogP contribution in [0.5, 0.6) is 0 Å². The first-order chi connectivity index (χ1) is 6.06. The number of benzene rings is 1. The van der Waals surface area contributed by atoms with Gasteiger partial charge in [0.05, 0.1) is 11.1 Å². The second kappa shape index (κ2) is 4.24. The summed E-state index contributed by atoms with van der Waals surface area (Å²) >= 11 is 11.2. The molecule has 72 valence electrons. The number of hydrogen-bond acceptors (Lipinski definition) is 2. The summed E-state index contributed by atoms with van der Waals surface area (Å²) in [5.74, 6) is -0.617. The third kappa shape index (κ3) is 2.31. The summed E-state index contributed by atoms with van der Waals surface area (Å²) in [5, 5.41) is 9.45. The SMILES string of the molecule is NCC(O)c1cc(F)c(Cl)cc1Cl. The molecule has 1 aromatic carbocycles. The predicted molar refractivity (Wildman–Crippen MR) is 50.4 cm³/mol. The fraction of sp³-hybridized carbons (Fsp3) is 0.250. The predicted octanol–water partition coefficient (Wildman–Crippen LogP) is 2.12. The van der Waals surface area contributed by atoms with Crippen LogP contribution in [0.2, 0.25) is 10.0 Å². The Morgan fingerprint density at radius 1 is 1.38 bits per heavy atom. The first-order valence-electron chi connectivity index (χ1n) is 3.59. The fourth-order valence-electron chi connectivity index (χ4n) is 0.920. The van der Waals surface area contributed by atoms with Gasteiger partial charge in [-0.15, -0.1) is 0 Å². The van der Waals surface area contributed by atoms with Crippen molar-refractivity contribution in [3.05, 3.63) is 33.6 Å². The zero-order valence-electron chi connectivity index (χ0n) is 6.60. The Labute approximate surface area is 85.1 Å². The lowest BCUT2D eigenvalue weighted by molar-refractivity contribution is 0.186. The van der Waals surface area contributed by atoms with Crippen molar-refractivity contribution in [3.63, 3.8) is 0 Å². The molecule has 0 aliphatic carbocycles. The van der Waals surface area contributed by atoms with Gasteiger partial charge in [0.2, 0.25) is 0 Å². The molecule has 0 heterocycles. The van der Waals surface area contributed by atoms with E-state index in [2.05, 4.69) is 0 Å². The lowest BCUT2D eigenvalue weighted by Crippen LogP contribution is -2.12. The molecule has 1 rings (SSSR count). The average molecular weight is 224 g/mol. The van der Waals surface area contributed by atoms with Gasteiger partial charge in [-0.1, -0.05) is 23.2 Å². The van der Waals surface area contributed by atoms with E-state index >= 15 is 0 Å². The van der Waals surface area contributed by atoms with E-state index in [1.54, 1.807) is 0 Å². The Balaban J connectivity index is 3.15. The first-order valence-corrected chi connectivity index (χ1v) is 4.34. The Bertz CT molecular complexity index is 319. The highest BCUT2D eigenvalue weighted by molar-refractivity contribution is 6.35. The van der Waals surface area contributed by atoms with Gasteiger partial charge in [-0.3, -0.25) is 0 Å². The monoisotopic (exact) mass is 223 g/mol. The average Bonchev–Trinajstić information content (AvgIpc) is 2.10. The van der Waals surface area contributed by atoms with Gasteiger partial charge in [0, 0.05) is 17.1 Å². The molecule has 0 aliphatic heterocycles. The molecule has 0 aliphatic rings. The van der Waals surface area contributed by atoms with Gasteiger partial charge in [-0.2, -0.15) is 0 Å². The zero-order valence-corrected chi connectivity index (χ0v) is 8.11. The van der Waals surface area contributed by atoms with E-state index in [1.807, 2.05) is 0 Å². The normalized spacial score (nSPS) is 13.0. The number of aliphatic hydroxyl groups excluding tert-OH is 1. The second-order valence-corrected chi connectivity index (χ2v) is 3.35. The Hall–Kier alpha value is -0.350. The Kier molecular flexibility index (Phi) is 3.50. The summed E-state index contributed by atoms with van der Waals surface area (Å²) < 4.78 is 12.9. The van der Waals surface area contributed by atoms with Crippen LogP contribution < -0.4 is 5.73 Å². The van der Waals surface area contributed by atoms with E-state index in [0.717, 1.165) is 6.07 Å². The minimum Gasteiger partial charge on any atom is -0.387 e. The molecule has 0 fully saturated rings. The molecule has 3 N–H and O–H groups in total. The number of aliphatic hydroxyl groups is 1. The minimum absolute atomic E-state index is 0.0131. The zero-order chi connectivity index (χ0) is 10.0. The van der Waals surface area contributed by atoms with Crippen molar-refractivity contribution >= 4 is 23.2 Å². The van der Waals surface area contributed by atoms with Crippen molar-refractivity contribution in [2.45, 2.75) is 6.10 Å². The van der Waals surface area contributed by atoms with E-state index in [4.69, 9.17) is 28.9 Å². The number of halogens is 3. The number of nitrogens with two attached hydrogens (primary N) is 1. The highest BCUT2D eigenvalue weighted by Gasteiger charge is 2.13. The molecule has 0 radical (unpaired) electrons. The van der Waals surface area contributed by atoms with Crippen LogP contribution in [0, 0.1) is 5.82 Å².